The first-order chi connectivity index (χ1) is 16.9. The molecular formula is C25H25ClFN3O4S2. The molecule has 0 saturated carbocycles. The first-order valence-corrected chi connectivity index (χ1v) is 13.6. The molecule has 1 unspecified atom stereocenters. The summed E-state index contributed by atoms with van der Waals surface area (Å²) in [5, 5.41) is 5.45. The molecule has 0 radical (unpaired) electrons. The van der Waals surface area contributed by atoms with Gasteiger partial charge in [0.05, 0.1) is 10.6 Å². The normalized spacial score (nSPS) is 12.0. The van der Waals surface area contributed by atoms with E-state index in [1.807, 2.05) is 0 Å². The van der Waals surface area contributed by atoms with Gasteiger partial charge in [0.2, 0.25) is 5.91 Å². The Bertz CT molecular complexity index is 1370. The molecule has 1 atom stereocenters. The molecule has 0 aromatic heterocycles. The lowest BCUT2D eigenvalue weighted by Gasteiger charge is -2.24. The van der Waals surface area contributed by atoms with Gasteiger partial charge in [0.25, 0.3) is 0 Å². The zero-order valence-corrected chi connectivity index (χ0v) is 22.0. The Kier molecular flexibility index (Phi) is 8.99. The van der Waals surface area contributed by atoms with Crippen LogP contribution in [0.25, 0.3) is 11.1 Å². The molecule has 0 fully saturated rings. The Labute approximate surface area is 220 Å². The summed E-state index contributed by atoms with van der Waals surface area (Å²) < 4.78 is 39.0. The molecule has 0 aliphatic rings. The van der Waals surface area contributed by atoms with Crippen LogP contribution >= 0.6 is 24.2 Å². The number of urea groups is 1. The van der Waals surface area contributed by atoms with Crippen LogP contribution in [0.5, 0.6) is 0 Å². The second kappa shape index (κ2) is 11.8. The van der Waals surface area contributed by atoms with Gasteiger partial charge in [-0.2, -0.15) is 12.6 Å². The number of hydrogen-bond donors (Lipinski definition) is 3. The van der Waals surface area contributed by atoms with Crippen LogP contribution in [0.1, 0.15) is 6.92 Å². The van der Waals surface area contributed by atoms with E-state index >= 15 is 0 Å². The number of nitrogens with zero attached hydrogens (tertiary/aromatic N) is 1. The SMILES string of the molecule is CC(S)CN(CC(=O)Nc1ccc(-c2ccccc2S(C)(=O)=O)cc1F)C(=O)Nc1ccc(Cl)cc1. The first-order valence-electron chi connectivity index (χ1n) is 10.8. The molecule has 3 aromatic carbocycles. The predicted molar refractivity (Wildman–Crippen MR) is 144 cm³/mol. The van der Waals surface area contributed by atoms with E-state index in [1.165, 1.54) is 23.1 Å². The second-order valence-corrected chi connectivity index (χ2v) is 11.5. The number of carbonyl (C=O) groups is 2. The van der Waals surface area contributed by atoms with Gasteiger partial charge in [-0.05, 0) is 48.0 Å². The summed E-state index contributed by atoms with van der Waals surface area (Å²) in [5.41, 5.74) is 1.10. The molecule has 0 spiro atoms. The van der Waals surface area contributed by atoms with Crippen LogP contribution in [-0.4, -0.2) is 49.9 Å². The number of rotatable bonds is 8. The van der Waals surface area contributed by atoms with Gasteiger partial charge in [-0.15, -0.1) is 0 Å². The predicted octanol–water partition coefficient (Wildman–Crippen LogP) is 5.34. The van der Waals surface area contributed by atoms with Gasteiger partial charge in [0.1, 0.15) is 12.4 Å². The summed E-state index contributed by atoms with van der Waals surface area (Å²) in [6.45, 7) is 1.60. The van der Waals surface area contributed by atoms with Crippen LogP contribution in [0.4, 0.5) is 20.6 Å². The van der Waals surface area contributed by atoms with Crippen molar-refractivity contribution in [2.24, 2.45) is 0 Å². The van der Waals surface area contributed by atoms with Crippen LogP contribution in [0.2, 0.25) is 5.02 Å². The lowest BCUT2D eigenvalue weighted by atomic mass is 10.0. The van der Waals surface area contributed by atoms with Crippen LogP contribution < -0.4 is 10.6 Å². The molecule has 3 aromatic rings. The van der Waals surface area contributed by atoms with Crippen molar-refractivity contribution in [2.75, 3.05) is 30.0 Å². The van der Waals surface area contributed by atoms with Crippen molar-refractivity contribution in [3.05, 3.63) is 77.6 Å². The summed E-state index contributed by atoms with van der Waals surface area (Å²) in [7, 11) is -3.53. The van der Waals surface area contributed by atoms with Crippen LogP contribution in [0.15, 0.2) is 71.6 Å². The fraction of sp³-hybridized carbons (Fsp3) is 0.200. The zero-order chi connectivity index (χ0) is 26.5. The van der Waals surface area contributed by atoms with E-state index in [2.05, 4.69) is 23.3 Å². The van der Waals surface area contributed by atoms with Crippen molar-refractivity contribution in [3.63, 3.8) is 0 Å². The molecule has 190 valence electrons. The molecule has 0 aliphatic carbocycles. The average molecular weight is 550 g/mol. The number of thiol groups is 1. The minimum Gasteiger partial charge on any atom is -0.322 e. The Morgan fingerprint density at radius 3 is 2.33 bits per heavy atom. The molecule has 7 nitrogen and oxygen atoms in total. The lowest BCUT2D eigenvalue weighted by molar-refractivity contribution is -0.116. The molecule has 0 bridgehead atoms. The number of halogens is 2. The van der Waals surface area contributed by atoms with E-state index < -0.39 is 27.6 Å². The highest BCUT2D eigenvalue weighted by Crippen LogP contribution is 2.29. The molecule has 0 aliphatic heterocycles. The quantitative estimate of drug-likeness (QED) is 0.330. The number of nitrogens with one attached hydrogen (secondary N) is 2. The Morgan fingerprint density at radius 1 is 1.06 bits per heavy atom. The van der Waals surface area contributed by atoms with Gasteiger partial charge < -0.3 is 15.5 Å². The summed E-state index contributed by atoms with van der Waals surface area (Å²) in [6.07, 6.45) is 1.08. The smallest absolute Gasteiger partial charge is 0.322 e. The lowest BCUT2D eigenvalue weighted by Crippen LogP contribution is -2.43. The summed E-state index contributed by atoms with van der Waals surface area (Å²) in [4.78, 5) is 26.8. The van der Waals surface area contributed by atoms with Crippen LogP contribution in [-0.2, 0) is 14.6 Å². The summed E-state index contributed by atoms with van der Waals surface area (Å²) >= 11 is 10.2. The Morgan fingerprint density at radius 2 is 1.72 bits per heavy atom. The fourth-order valence-electron chi connectivity index (χ4n) is 3.45. The monoisotopic (exact) mass is 549 g/mol. The van der Waals surface area contributed by atoms with E-state index in [1.54, 1.807) is 49.4 Å². The average Bonchev–Trinajstić information content (AvgIpc) is 2.80. The van der Waals surface area contributed by atoms with E-state index in [4.69, 9.17) is 11.6 Å². The van der Waals surface area contributed by atoms with E-state index in [0.29, 0.717) is 21.8 Å². The maximum absolute atomic E-state index is 14.9. The fourth-order valence-corrected chi connectivity index (χ4v) is 4.68. The molecule has 2 N–H and O–H groups in total. The maximum atomic E-state index is 14.9. The Balaban J connectivity index is 1.74. The highest BCUT2D eigenvalue weighted by Gasteiger charge is 2.20. The van der Waals surface area contributed by atoms with Gasteiger partial charge in [-0.25, -0.2) is 17.6 Å². The summed E-state index contributed by atoms with van der Waals surface area (Å²) in [5.74, 6) is -1.36. The topological polar surface area (TPSA) is 95.6 Å². The van der Waals surface area contributed by atoms with Crippen molar-refractivity contribution in [1.29, 1.82) is 0 Å². The maximum Gasteiger partial charge on any atom is 0.322 e. The first kappa shape index (κ1) is 27.5. The van der Waals surface area contributed by atoms with Gasteiger partial charge >= 0.3 is 6.03 Å². The minimum absolute atomic E-state index is 0.0735. The third kappa shape index (κ3) is 7.46. The van der Waals surface area contributed by atoms with E-state index in [9.17, 15) is 22.4 Å². The number of hydrogen-bond acceptors (Lipinski definition) is 5. The highest BCUT2D eigenvalue weighted by atomic mass is 35.5. The van der Waals surface area contributed by atoms with Crippen molar-refractivity contribution in [3.8, 4) is 11.1 Å². The zero-order valence-electron chi connectivity index (χ0n) is 19.5. The van der Waals surface area contributed by atoms with Crippen molar-refractivity contribution >= 4 is 57.4 Å². The van der Waals surface area contributed by atoms with Gasteiger partial charge in [-0.3, -0.25) is 4.79 Å². The third-order valence-corrected chi connectivity index (χ3v) is 6.61. The number of carbonyl (C=O) groups excluding carboxylic acids is 2. The van der Waals surface area contributed by atoms with Gasteiger partial charge in [0, 0.05) is 34.3 Å². The molecule has 36 heavy (non-hydrogen) atoms. The molecule has 3 amide bonds. The van der Waals surface area contributed by atoms with E-state index in [0.717, 1.165) is 12.3 Å². The molecule has 0 heterocycles. The number of anilines is 2. The molecule has 3 rings (SSSR count). The van der Waals surface area contributed by atoms with Crippen LogP contribution in [0.3, 0.4) is 0 Å². The molecule has 0 saturated heterocycles. The van der Waals surface area contributed by atoms with Crippen molar-refractivity contribution in [1.82, 2.24) is 4.90 Å². The standard InChI is InChI=1S/C25H25ClFN3O4S2/c1-16(35)14-30(25(32)28-19-10-8-18(26)9-11-19)15-24(31)29-22-12-7-17(13-21(22)27)20-5-3-4-6-23(20)36(2,33)34/h3-13,16,35H,14-15H2,1-2H3,(H,28,32)(H,29,31). The minimum atomic E-state index is -3.53. The number of sulfone groups is 1. The second-order valence-electron chi connectivity index (χ2n) is 8.18. The van der Waals surface area contributed by atoms with Gasteiger partial charge in [0.15, 0.2) is 9.84 Å². The van der Waals surface area contributed by atoms with Crippen LogP contribution in [0, 0.1) is 5.82 Å². The number of amides is 3. The summed E-state index contributed by atoms with van der Waals surface area (Å²) in [6, 6.07) is 16.3. The molecular weight excluding hydrogens is 525 g/mol. The van der Waals surface area contributed by atoms with Crippen molar-refractivity contribution in [2.45, 2.75) is 17.1 Å². The number of benzene rings is 3. The van der Waals surface area contributed by atoms with E-state index in [-0.39, 0.29) is 28.9 Å². The third-order valence-electron chi connectivity index (χ3n) is 5.04. The largest absolute Gasteiger partial charge is 0.322 e. The van der Waals surface area contributed by atoms with Gasteiger partial charge in [-0.1, -0.05) is 42.8 Å². The molecule has 11 heteroatoms. The van der Waals surface area contributed by atoms with Crippen molar-refractivity contribution < 1.29 is 22.4 Å². The highest BCUT2D eigenvalue weighted by molar-refractivity contribution is 7.90. The Hall–Kier alpha value is -3.08.